The summed E-state index contributed by atoms with van der Waals surface area (Å²) in [5, 5.41) is 2.16. The number of hydrogen-bond donors (Lipinski definition) is 1. The van der Waals surface area contributed by atoms with Crippen molar-refractivity contribution in [2.75, 3.05) is 13.1 Å². The first kappa shape index (κ1) is 13.1. The van der Waals surface area contributed by atoms with E-state index in [1.54, 1.807) is 0 Å². The molecule has 0 radical (unpaired) electrons. The van der Waals surface area contributed by atoms with E-state index in [0.29, 0.717) is 6.04 Å². The summed E-state index contributed by atoms with van der Waals surface area (Å²) in [6.07, 6.45) is 4.00. The minimum atomic E-state index is 0.446. The van der Waals surface area contributed by atoms with Crippen molar-refractivity contribution in [1.29, 1.82) is 0 Å². The van der Waals surface area contributed by atoms with Crippen LogP contribution >= 0.6 is 11.3 Å². The van der Waals surface area contributed by atoms with E-state index in [0.717, 1.165) is 18.5 Å². The third-order valence-corrected chi connectivity index (χ3v) is 4.45. The van der Waals surface area contributed by atoms with Gasteiger partial charge in [0.2, 0.25) is 0 Å². The molecule has 1 aromatic rings. The maximum atomic E-state index is 6.00. The number of thiophene rings is 1. The lowest BCUT2D eigenvalue weighted by atomic mass is 10.1. The zero-order chi connectivity index (χ0) is 12.3. The molecule has 1 aromatic heterocycles. The van der Waals surface area contributed by atoms with Crippen molar-refractivity contribution in [2.24, 2.45) is 11.7 Å². The highest BCUT2D eigenvalue weighted by Gasteiger charge is 2.34. The topological polar surface area (TPSA) is 29.3 Å². The highest BCUT2D eigenvalue weighted by Crippen LogP contribution is 2.35. The average Bonchev–Trinajstić information content (AvgIpc) is 3.00. The molecule has 1 aliphatic rings. The van der Waals surface area contributed by atoms with Crippen LogP contribution in [0.15, 0.2) is 17.5 Å². The van der Waals surface area contributed by atoms with Crippen LogP contribution in [0.1, 0.15) is 44.0 Å². The summed E-state index contributed by atoms with van der Waals surface area (Å²) in [6.45, 7) is 6.54. The Labute approximate surface area is 109 Å². The highest BCUT2D eigenvalue weighted by atomic mass is 32.1. The van der Waals surface area contributed by atoms with Gasteiger partial charge < -0.3 is 5.73 Å². The van der Waals surface area contributed by atoms with Crippen LogP contribution in [0.3, 0.4) is 0 Å². The van der Waals surface area contributed by atoms with Crippen molar-refractivity contribution in [3.8, 4) is 0 Å². The van der Waals surface area contributed by atoms with E-state index in [-0.39, 0.29) is 0 Å². The molecule has 1 fully saturated rings. The molecular weight excluding hydrogens is 228 g/mol. The first-order valence-corrected chi connectivity index (χ1v) is 7.59. The van der Waals surface area contributed by atoms with Gasteiger partial charge in [-0.25, -0.2) is 0 Å². The van der Waals surface area contributed by atoms with Crippen LogP contribution in [0.2, 0.25) is 0 Å². The minimum Gasteiger partial charge on any atom is -0.329 e. The Morgan fingerprint density at radius 2 is 2.24 bits per heavy atom. The Balaban J connectivity index is 2.02. The van der Waals surface area contributed by atoms with Gasteiger partial charge in [0.15, 0.2) is 0 Å². The van der Waals surface area contributed by atoms with Crippen LogP contribution in [-0.4, -0.2) is 24.0 Å². The summed E-state index contributed by atoms with van der Waals surface area (Å²) in [5.41, 5.74) is 6.00. The predicted octanol–water partition coefficient (Wildman–Crippen LogP) is 3.26. The maximum Gasteiger partial charge on any atom is 0.0566 e. The average molecular weight is 252 g/mol. The standard InChI is InChI=1S/C14H24N2S/c1-11(2)7-8-16(12-5-6-12)13(10-15)14-4-3-9-17-14/h3-4,9,11-13H,5-8,10,15H2,1-2H3. The monoisotopic (exact) mass is 252 g/mol. The van der Waals surface area contributed by atoms with Gasteiger partial charge in [-0.1, -0.05) is 19.9 Å². The van der Waals surface area contributed by atoms with Crippen molar-refractivity contribution in [2.45, 2.75) is 45.2 Å². The van der Waals surface area contributed by atoms with Gasteiger partial charge in [-0.2, -0.15) is 0 Å². The third kappa shape index (κ3) is 3.54. The minimum absolute atomic E-state index is 0.446. The quantitative estimate of drug-likeness (QED) is 0.807. The largest absolute Gasteiger partial charge is 0.329 e. The maximum absolute atomic E-state index is 6.00. The highest BCUT2D eigenvalue weighted by molar-refractivity contribution is 7.10. The molecule has 0 aliphatic heterocycles. The van der Waals surface area contributed by atoms with Crippen molar-refractivity contribution in [3.05, 3.63) is 22.4 Å². The molecule has 2 nitrogen and oxygen atoms in total. The van der Waals surface area contributed by atoms with E-state index in [2.05, 4.69) is 36.3 Å². The molecule has 96 valence electrons. The third-order valence-electron chi connectivity index (χ3n) is 3.48. The molecule has 1 unspecified atom stereocenters. The van der Waals surface area contributed by atoms with Gasteiger partial charge in [0.05, 0.1) is 6.04 Å². The Morgan fingerprint density at radius 1 is 1.47 bits per heavy atom. The van der Waals surface area contributed by atoms with E-state index >= 15 is 0 Å². The summed E-state index contributed by atoms with van der Waals surface area (Å²) in [5.74, 6) is 0.776. The van der Waals surface area contributed by atoms with Gasteiger partial charge in [-0.3, -0.25) is 4.90 Å². The van der Waals surface area contributed by atoms with E-state index < -0.39 is 0 Å². The molecule has 3 heteroatoms. The van der Waals surface area contributed by atoms with Gasteiger partial charge in [0, 0.05) is 17.5 Å². The van der Waals surface area contributed by atoms with Crippen molar-refractivity contribution >= 4 is 11.3 Å². The molecular formula is C14H24N2S. The van der Waals surface area contributed by atoms with Gasteiger partial charge in [-0.05, 0) is 43.2 Å². The van der Waals surface area contributed by atoms with Gasteiger partial charge in [-0.15, -0.1) is 11.3 Å². The Kier molecular flexibility index (Phi) is 4.60. The second-order valence-corrected chi connectivity index (χ2v) is 6.40. The van der Waals surface area contributed by atoms with E-state index in [1.165, 1.54) is 30.7 Å². The predicted molar refractivity (Wildman–Crippen MR) is 75.3 cm³/mol. The molecule has 0 saturated heterocycles. The zero-order valence-corrected chi connectivity index (χ0v) is 11.7. The Bertz CT molecular complexity index is 317. The molecule has 2 rings (SSSR count). The molecule has 0 aromatic carbocycles. The lowest BCUT2D eigenvalue weighted by Gasteiger charge is -2.31. The fraction of sp³-hybridized carbons (Fsp3) is 0.714. The summed E-state index contributed by atoms with van der Waals surface area (Å²) in [6, 6.07) is 5.61. The van der Waals surface area contributed by atoms with Crippen LogP contribution in [0.4, 0.5) is 0 Å². The zero-order valence-electron chi connectivity index (χ0n) is 10.9. The summed E-state index contributed by atoms with van der Waals surface area (Å²) in [7, 11) is 0. The van der Waals surface area contributed by atoms with Crippen LogP contribution < -0.4 is 5.73 Å². The fourth-order valence-corrected chi connectivity index (χ4v) is 3.16. The summed E-state index contributed by atoms with van der Waals surface area (Å²) < 4.78 is 0. The van der Waals surface area contributed by atoms with Crippen molar-refractivity contribution in [1.82, 2.24) is 4.90 Å². The Hall–Kier alpha value is -0.380. The molecule has 1 atom stereocenters. The molecule has 17 heavy (non-hydrogen) atoms. The van der Waals surface area contributed by atoms with E-state index in [4.69, 9.17) is 5.73 Å². The number of hydrogen-bond acceptors (Lipinski definition) is 3. The van der Waals surface area contributed by atoms with Crippen molar-refractivity contribution < 1.29 is 0 Å². The first-order chi connectivity index (χ1) is 8.22. The SMILES string of the molecule is CC(C)CCN(C1CC1)C(CN)c1cccs1. The lowest BCUT2D eigenvalue weighted by molar-refractivity contribution is 0.183. The number of nitrogens with two attached hydrogens (primary N) is 1. The smallest absolute Gasteiger partial charge is 0.0566 e. The fourth-order valence-electron chi connectivity index (χ4n) is 2.30. The normalized spacial score (nSPS) is 17.9. The van der Waals surface area contributed by atoms with Crippen LogP contribution in [0.5, 0.6) is 0 Å². The van der Waals surface area contributed by atoms with Gasteiger partial charge in [0.25, 0.3) is 0 Å². The molecule has 0 spiro atoms. The van der Waals surface area contributed by atoms with Crippen LogP contribution in [-0.2, 0) is 0 Å². The molecule has 1 heterocycles. The number of nitrogens with zero attached hydrogens (tertiary/aromatic N) is 1. The second-order valence-electron chi connectivity index (χ2n) is 5.42. The lowest BCUT2D eigenvalue weighted by Crippen LogP contribution is -2.36. The molecule has 1 aliphatic carbocycles. The van der Waals surface area contributed by atoms with Gasteiger partial charge in [0.1, 0.15) is 0 Å². The van der Waals surface area contributed by atoms with E-state index in [1.807, 2.05) is 11.3 Å². The second kappa shape index (κ2) is 5.98. The van der Waals surface area contributed by atoms with E-state index in [9.17, 15) is 0 Å². The molecule has 1 saturated carbocycles. The molecule has 0 amide bonds. The van der Waals surface area contributed by atoms with Gasteiger partial charge >= 0.3 is 0 Å². The Morgan fingerprint density at radius 3 is 2.71 bits per heavy atom. The number of rotatable bonds is 7. The van der Waals surface area contributed by atoms with Crippen LogP contribution in [0, 0.1) is 5.92 Å². The summed E-state index contributed by atoms with van der Waals surface area (Å²) >= 11 is 1.84. The molecule has 2 N–H and O–H groups in total. The van der Waals surface area contributed by atoms with Crippen LogP contribution in [0.25, 0.3) is 0 Å². The van der Waals surface area contributed by atoms with Crippen molar-refractivity contribution in [3.63, 3.8) is 0 Å². The summed E-state index contributed by atoms with van der Waals surface area (Å²) in [4.78, 5) is 4.08. The first-order valence-electron chi connectivity index (χ1n) is 6.71. The molecule has 0 bridgehead atoms.